The van der Waals surface area contributed by atoms with E-state index in [0.29, 0.717) is 28.3 Å². The van der Waals surface area contributed by atoms with Gasteiger partial charge in [0.1, 0.15) is 23.0 Å². The first kappa shape index (κ1) is 21.0. The summed E-state index contributed by atoms with van der Waals surface area (Å²) in [5.41, 5.74) is 1.19. The third kappa shape index (κ3) is 3.54. The third-order valence-corrected chi connectivity index (χ3v) is 5.35. The van der Waals surface area contributed by atoms with Crippen LogP contribution in [-0.4, -0.2) is 36.1 Å². The Kier molecular flexibility index (Phi) is 5.55. The highest BCUT2D eigenvalue weighted by Crippen LogP contribution is 2.44. The van der Waals surface area contributed by atoms with Gasteiger partial charge in [0.25, 0.3) is 11.7 Å². The van der Waals surface area contributed by atoms with E-state index in [1.165, 1.54) is 31.3 Å². The van der Waals surface area contributed by atoms with Gasteiger partial charge < -0.3 is 19.7 Å². The smallest absolute Gasteiger partial charge is 0.300 e. The molecule has 0 aromatic heterocycles. The highest BCUT2D eigenvalue weighted by molar-refractivity contribution is 6.51. The molecule has 2 N–H and O–H groups in total. The molecule has 162 valence electrons. The third-order valence-electron chi connectivity index (χ3n) is 5.35. The Morgan fingerprint density at radius 2 is 1.62 bits per heavy atom. The number of ether oxygens (including phenoxy) is 2. The van der Waals surface area contributed by atoms with E-state index in [4.69, 9.17) is 9.47 Å². The zero-order valence-electron chi connectivity index (χ0n) is 17.5. The first-order chi connectivity index (χ1) is 15.5. The van der Waals surface area contributed by atoms with Crippen LogP contribution in [0.2, 0.25) is 0 Å². The molecule has 1 atom stereocenters. The van der Waals surface area contributed by atoms with Crippen LogP contribution in [0, 0.1) is 0 Å². The van der Waals surface area contributed by atoms with Crippen LogP contribution in [0.15, 0.2) is 78.4 Å². The average Bonchev–Trinajstić information content (AvgIpc) is 3.09. The minimum absolute atomic E-state index is 0.0387. The number of phenolic OH excluding ortho intramolecular Hbond substituents is 1. The minimum Gasteiger partial charge on any atom is -0.508 e. The number of rotatable bonds is 5. The van der Waals surface area contributed by atoms with Crippen molar-refractivity contribution in [3.8, 4) is 17.2 Å². The number of ketones is 1. The first-order valence-electron chi connectivity index (χ1n) is 9.83. The summed E-state index contributed by atoms with van der Waals surface area (Å²) in [5, 5.41) is 20.9. The molecule has 4 rings (SSSR count). The summed E-state index contributed by atoms with van der Waals surface area (Å²) in [4.78, 5) is 27.7. The van der Waals surface area contributed by atoms with Crippen LogP contribution in [0.25, 0.3) is 5.76 Å². The molecule has 1 aliphatic rings. The molecule has 1 amide bonds. The van der Waals surface area contributed by atoms with Crippen molar-refractivity contribution in [3.05, 3.63) is 89.5 Å². The summed E-state index contributed by atoms with van der Waals surface area (Å²) in [5.74, 6) is -1.04. The van der Waals surface area contributed by atoms with Gasteiger partial charge in [0.15, 0.2) is 0 Å². The Morgan fingerprint density at radius 3 is 2.31 bits per heavy atom. The lowest BCUT2D eigenvalue weighted by Gasteiger charge is -2.26. The van der Waals surface area contributed by atoms with Gasteiger partial charge in [-0.2, -0.15) is 0 Å². The topological polar surface area (TPSA) is 96.3 Å². The first-order valence-corrected chi connectivity index (χ1v) is 9.83. The van der Waals surface area contributed by atoms with Gasteiger partial charge in [0, 0.05) is 11.8 Å². The number of phenols is 1. The standard InChI is InChI=1S/C25H21NO6/c1-31-18-7-5-6-16(14-18)26-22(15-10-12-17(27)13-11-15)21(24(29)25(26)30)23(28)19-8-3-4-9-20(19)32-2/h3-14,22,27-28H,1-2H3/b23-21+. The SMILES string of the molecule is COc1cccc(N2C(=O)C(=O)/C(=C(/O)c3ccccc3OC)C2c2ccc(O)cc2)c1. The minimum atomic E-state index is -0.924. The Bertz CT molecular complexity index is 1220. The number of hydrogen-bond donors (Lipinski definition) is 2. The lowest BCUT2D eigenvalue weighted by atomic mass is 9.94. The normalized spacial score (nSPS) is 17.4. The molecule has 1 fully saturated rings. The number of aliphatic hydroxyl groups excluding tert-OH is 1. The van der Waals surface area contributed by atoms with Gasteiger partial charge in [0.2, 0.25) is 0 Å². The number of methoxy groups -OCH3 is 2. The Balaban J connectivity index is 1.97. The van der Waals surface area contributed by atoms with Gasteiger partial charge >= 0.3 is 0 Å². The number of para-hydroxylation sites is 1. The second kappa shape index (κ2) is 8.47. The van der Waals surface area contributed by atoms with Crippen molar-refractivity contribution in [2.45, 2.75) is 6.04 Å². The van der Waals surface area contributed by atoms with Crippen LogP contribution in [-0.2, 0) is 9.59 Å². The summed E-state index contributed by atoms with van der Waals surface area (Å²) in [6, 6.07) is 18.7. The van der Waals surface area contributed by atoms with Crippen molar-refractivity contribution in [1.82, 2.24) is 0 Å². The molecule has 32 heavy (non-hydrogen) atoms. The number of aliphatic hydroxyl groups is 1. The van der Waals surface area contributed by atoms with Crippen molar-refractivity contribution in [3.63, 3.8) is 0 Å². The molecule has 1 unspecified atom stereocenters. The van der Waals surface area contributed by atoms with E-state index in [9.17, 15) is 19.8 Å². The lowest BCUT2D eigenvalue weighted by molar-refractivity contribution is -0.132. The number of aromatic hydroxyl groups is 1. The summed E-state index contributed by atoms with van der Waals surface area (Å²) in [6.07, 6.45) is 0. The van der Waals surface area contributed by atoms with Gasteiger partial charge in [-0.15, -0.1) is 0 Å². The monoisotopic (exact) mass is 431 g/mol. The fourth-order valence-electron chi connectivity index (χ4n) is 3.82. The summed E-state index contributed by atoms with van der Waals surface area (Å²) in [7, 11) is 2.96. The predicted octanol–water partition coefficient (Wildman–Crippen LogP) is 4.04. The van der Waals surface area contributed by atoms with Crippen LogP contribution in [0.1, 0.15) is 17.2 Å². The van der Waals surface area contributed by atoms with Gasteiger partial charge in [-0.05, 0) is 42.0 Å². The van der Waals surface area contributed by atoms with E-state index in [1.807, 2.05) is 0 Å². The molecule has 1 aliphatic heterocycles. The van der Waals surface area contributed by atoms with Crippen LogP contribution in [0.3, 0.4) is 0 Å². The Hall–Kier alpha value is -4.26. The number of carbonyl (C=O) groups excluding carboxylic acids is 2. The quantitative estimate of drug-likeness (QED) is 0.360. The number of Topliss-reactive ketones (excluding diaryl/α,β-unsaturated/α-hetero) is 1. The molecule has 1 heterocycles. The van der Waals surface area contributed by atoms with E-state index in [2.05, 4.69) is 0 Å². The van der Waals surface area contributed by atoms with Crippen LogP contribution in [0.5, 0.6) is 17.2 Å². The zero-order chi connectivity index (χ0) is 22.8. The zero-order valence-corrected chi connectivity index (χ0v) is 17.5. The van der Waals surface area contributed by atoms with Gasteiger partial charge in [0.05, 0.1) is 31.4 Å². The molecule has 7 nitrogen and oxygen atoms in total. The van der Waals surface area contributed by atoms with Crippen molar-refractivity contribution in [2.75, 3.05) is 19.1 Å². The molecule has 3 aromatic carbocycles. The maximum Gasteiger partial charge on any atom is 0.300 e. The number of hydrogen-bond acceptors (Lipinski definition) is 6. The molecule has 0 aliphatic carbocycles. The second-order valence-electron chi connectivity index (χ2n) is 7.16. The van der Waals surface area contributed by atoms with Crippen molar-refractivity contribution in [2.24, 2.45) is 0 Å². The van der Waals surface area contributed by atoms with Gasteiger partial charge in [-0.3, -0.25) is 14.5 Å². The molecular formula is C25H21NO6. The summed E-state index contributed by atoms with van der Waals surface area (Å²) < 4.78 is 10.6. The van der Waals surface area contributed by atoms with Gasteiger partial charge in [-0.1, -0.05) is 30.3 Å². The number of nitrogens with zero attached hydrogens (tertiary/aromatic N) is 1. The molecule has 0 saturated carbocycles. The molecule has 0 radical (unpaired) electrons. The molecular weight excluding hydrogens is 410 g/mol. The van der Waals surface area contributed by atoms with Crippen LogP contribution in [0.4, 0.5) is 5.69 Å². The Morgan fingerprint density at radius 1 is 0.906 bits per heavy atom. The highest BCUT2D eigenvalue weighted by Gasteiger charge is 2.47. The fourth-order valence-corrected chi connectivity index (χ4v) is 3.82. The van der Waals surface area contributed by atoms with E-state index >= 15 is 0 Å². The van der Waals surface area contributed by atoms with E-state index in [0.717, 1.165) is 0 Å². The van der Waals surface area contributed by atoms with E-state index in [-0.39, 0.29) is 17.1 Å². The van der Waals surface area contributed by atoms with E-state index < -0.39 is 17.7 Å². The Labute approximate surface area is 184 Å². The number of benzene rings is 3. The maximum atomic E-state index is 13.2. The summed E-state index contributed by atoms with van der Waals surface area (Å²) >= 11 is 0. The van der Waals surface area contributed by atoms with Crippen LogP contribution >= 0.6 is 0 Å². The molecule has 0 bridgehead atoms. The average molecular weight is 431 g/mol. The molecule has 3 aromatic rings. The molecule has 7 heteroatoms. The fraction of sp³-hybridized carbons (Fsp3) is 0.120. The predicted molar refractivity (Wildman–Crippen MR) is 119 cm³/mol. The number of anilines is 1. The number of amides is 1. The molecule has 0 spiro atoms. The second-order valence-corrected chi connectivity index (χ2v) is 7.16. The van der Waals surface area contributed by atoms with Crippen LogP contribution < -0.4 is 14.4 Å². The van der Waals surface area contributed by atoms with Crippen molar-refractivity contribution in [1.29, 1.82) is 0 Å². The summed E-state index contributed by atoms with van der Waals surface area (Å²) in [6.45, 7) is 0. The van der Waals surface area contributed by atoms with Crippen molar-refractivity contribution < 1.29 is 29.3 Å². The van der Waals surface area contributed by atoms with Gasteiger partial charge in [-0.25, -0.2) is 0 Å². The maximum absolute atomic E-state index is 13.2. The largest absolute Gasteiger partial charge is 0.508 e. The molecule has 1 saturated heterocycles. The van der Waals surface area contributed by atoms with E-state index in [1.54, 1.807) is 60.7 Å². The lowest BCUT2D eigenvalue weighted by Crippen LogP contribution is -2.29. The van der Waals surface area contributed by atoms with Crippen molar-refractivity contribution >= 4 is 23.1 Å². The number of carbonyl (C=O) groups is 2. The highest BCUT2D eigenvalue weighted by atomic mass is 16.5.